The van der Waals surface area contributed by atoms with Crippen molar-refractivity contribution in [3.8, 4) is 0 Å². The molecule has 0 unspecified atom stereocenters. The lowest BCUT2D eigenvalue weighted by Gasteiger charge is -2.06. The van der Waals surface area contributed by atoms with Gasteiger partial charge >= 0.3 is 0 Å². The van der Waals surface area contributed by atoms with E-state index in [9.17, 15) is 0 Å². The minimum atomic E-state index is 0.782. The summed E-state index contributed by atoms with van der Waals surface area (Å²) in [6.45, 7) is 4.86. The highest BCUT2D eigenvalue weighted by molar-refractivity contribution is 7.99. The number of aryl methyl sites for hydroxylation is 2. The molecule has 0 amide bonds. The first-order chi connectivity index (χ1) is 9.69. The molecule has 0 atom stereocenters. The van der Waals surface area contributed by atoms with Gasteiger partial charge in [0.15, 0.2) is 0 Å². The van der Waals surface area contributed by atoms with Gasteiger partial charge in [0.05, 0.1) is 11.4 Å². The van der Waals surface area contributed by atoms with Crippen LogP contribution in [-0.2, 0) is 6.54 Å². The van der Waals surface area contributed by atoms with E-state index in [4.69, 9.17) is 5.73 Å². The summed E-state index contributed by atoms with van der Waals surface area (Å²) < 4.78 is 1.96. The van der Waals surface area contributed by atoms with Crippen LogP contribution < -0.4 is 5.73 Å². The van der Waals surface area contributed by atoms with Crippen LogP contribution in [-0.4, -0.2) is 9.78 Å². The van der Waals surface area contributed by atoms with E-state index in [1.54, 1.807) is 11.8 Å². The maximum atomic E-state index is 6.14. The third-order valence-corrected chi connectivity index (χ3v) is 4.47. The second kappa shape index (κ2) is 5.21. The van der Waals surface area contributed by atoms with Gasteiger partial charge in [0.25, 0.3) is 0 Å². The lowest BCUT2D eigenvalue weighted by Crippen LogP contribution is -1.98. The molecule has 0 aliphatic rings. The first-order valence-corrected chi connectivity index (χ1v) is 7.50. The van der Waals surface area contributed by atoms with Crippen molar-refractivity contribution in [2.45, 2.75) is 30.3 Å². The van der Waals surface area contributed by atoms with E-state index < -0.39 is 0 Å². The topological polar surface area (TPSA) is 43.8 Å². The summed E-state index contributed by atoms with van der Waals surface area (Å²) in [5.74, 6) is 0. The number of fused-ring (bicyclic) bond motifs is 1. The van der Waals surface area contributed by atoms with Crippen LogP contribution in [0.1, 0.15) is 12.6 Å². The normalized spacial score (nSPS) is 11.1. The largest absolute Gasteiger partial charge is 0.395 e. The monoisotopic (exact) mass is 283 g/mol. The summed E-state index contributed by atoms with van der Waals surface area (Å²) in [5, 5.41) is 7.99. The molecular formula is C16H17N3S. The zero-order valence-electron chi connectivity index (χ0n) is 11.6. The van der Waals surface area contributed by atoms with Gasteiger partial charge in [-0.1, -0.05) is 42.1 Å². The highest BCUT2D eigenvalue weighted by Crippen LogP contribution is 2.35. The molecule has 0 fully saturated rings. The zero-order chi connectivity index (χ0) is 14.1. The van der Waals surface area contributed by atoms with Crippen LogP contribution in [0.15, 0.2) is 52.4 Å². The molecule has 0 saturated heterocycles. The number of hydrogen-bond acceptors (Lipinski definition) is 3. The van der Waals surface area contributed by atoms with Crippen molar-refractivity contribution in [2.75, 3.05) is 5.73 Å². The van der Waals surface area contributed by atoms with Crippen molar-refractivity contribution in [1.82, 2.24) is 9.78 Å². The van der Waals surface area contributed by atoms with Gasteiger partial charge in [-0.05, 0) is 36.8 Å². The molecule has 3 aromatic rings. The summed E-state index contributed by atoms with van der Waals surface area (Å²) in [7, 11) is 0. The molecule has 1 aromatic heterocycles. The fraction of sp³-hybridized carbons (Fsp3) is 0.188. The third kappa shape index (κ3) is 2.27. The average Bonchev–Trinajstić information content (AvgIpc) is 2.75. The fourth-order valence-electron chi connectivity index (χ4n) is 2.24. The van der Waals surface area contributed by atoms with E-state index in [-0.39, 0.29) is 0 Å². The Morgan fingerprint density at radius 2 is 1.90 bits per heavy atom. The molecule has 20 heavy (non-hydrogen) atoms. The van der Waals surface area contributed by atoms with Gasteiger partial charge in [-0.3, -0.25) is 4.68 Å². The number of aromatic nitrogens is 2. The van der Waals surface area contributed by atoms with Gasteiger partial charge in [0.1, 0.15) is 5.03 Å². The lowest BCUT2D eigenvalue weighted by molar-refractivity contribution is 0.602. The van der Waals surface area contributed by atoms with Crippen molar-refractivity contribution in [1.29, 1.82) is 0 Å². The second-order valence-electron chi connectivity index (χ2n) is 4.73. The standard InChI is InChI=1S/C16H17N3S/c1-3-19-16(15(17)11(2)18-19)20-14-9-8-12-6-4-5-7-13(12)10-14/h4-10H,3,17H2,1-2H3. The molecule has 0 aliphatic heterocycles. The first kappa shape index (κ1) is 13.1. The highest BCUT2D eigenvalue weighted by atomic mass is 32.2. The molecule has 0 spiro atoms. The van der Waals surface area contributed by atoms with Gasteiger partial charge < -0.3 is 5.73 Å². The summed E-state index contributed by atoms with van der Waals surface area (Å²) in [6.07, 6.45) is 0. The molecule has 3 nitrogen and oxygen atoms in total. The molecule has 102 valence electrons. The van der Waals surface area contributed by atoms with Crippen molar-refractivity contribution in [2.24, 2.45) is 0 Å². The van der Waals surface area contributed by atoms with E-state index >= 15 is 0 Å². The van der Waals surface area contributed by atoms with Crippen LogP contribution in [0.25, 0.3) is 10.8 Å². The quantitative estimate of drug-likeness (QED) is 0.787. The Labute approximate surface area is 122 Å². The lowest BCUT2D eigenvalue weighted by atomic mass is 10.1. The number of benzene rings is 2. The number of nitrogens with zero attached hydrogens (tertiary/aromatic N) is 2. The minimum Gasteiger partial charge on any atom is -0.395 e. The maximum Gasteiger partial charge on any atom is 0.122 e. The molecule has 0 saturated carbocycles. The number of hydrogen-bond donors (Lipinski definition) is 1. The number of nitrogens with two attached hydrogens (primary N) is 1. The third-order valence-electron chi connectivity index (χ3n) is 3.36. The predicted molar refractivity (Wildman–Crippen MR) is 85.1 cm³/mol. The SMILES string of the molecule is CCn1nc(C)c(N)c1Sc1ccc2ccccc2c1. The highest BCUT2D eigenvalue weighted by Gasteiger charge is 2.13. The van der Waals surface area contributed by atoms with Crippen LogP contribution in [0, 0.1) is 6.92 Å². The summed E-state index contributed by atoms with van der Waals surface area (Å²) in [5.41, 5.74) is 7.82. The Morgan fingerprint density at radius 3 is 2.65 bits per heavy atom. The predicted octanol–water partition coefficient (Wildman–Crippen LogP) is 4.10. The molecule has 4 heteroatoms. The van der Waals surface area contributed by atoms with Crippen molar-refractivity contribution in [3.05, 3.63) is 48.2 Å². The summed E-state index contributed by atoms with van der Waals surface area (Å²) in [6, 6.07) is 14.8. The number of rotatable bonds is 3. The zero-order valence-corrected chi connectivity index (χ0v) is 12.4. The molecule has 3 rings (SSSR count). The molecule has 1 heterocycles. The first-order valence-electron chi connectivity index (χ1n) is 6.68. The Hall–Kier alpha value is -1.94. The molecular weight excluding hydrogens is 266 g/mol. The number of anilines is 1. The van der Waals surface area contributed by atoms with Crippen LogP contribution in [0.5, 0.6) is 0 Å². The molecule has 0 aliphatic carbocycles. The minimum absolute atomic E-state index is 0.782. The number of nitrogen functional groups attached to an aromatic ring is 1. The molecule has 2 aromatic carbocycles. The second-order valence-corrected chi connectivity index (χ2v) is 5.79. The van der Waals surface area contributed by atoms with Gasteiger partial charge in [-0.2, -0.15) is 5.10 Å². The van der Waals surface area contributed by atoms with Crippen LogP contribution in [0.3, 0.4) is 0 Å². The van der Waals surface area contributed by atoms with E-state index in [1.165, 1.54) is 15.7 Å². The average molecular weight is 283 g/mol. The summed E-state index contributed by atoms with van der Waals surface area (Å²) >= 11 is 1.68. The van der Waals surface area contributed by atoms with E-state index in [2.05, 4.69) is 54.5 Å². The van der Waals surface area contributed by atoms with Crippen molar-refractivity contribution < 1.29 is 0 Å². The van der Waals surface area contributed by atoms with Gasteiger partial charge in [0.2, 0.25) is 0 Å². The smallest absolute Gasteiger partial charge is 0.122 e. The van der Waals surface area contributed by atoms with Crippen LogP contribution in [0.2, 0.25) is 0 Å². The van der Waals surface area contributed by atoms with Crippen molar-refractivity contribution >= 4 is 28.2 Å². The van der Waals surface area contributed by atoms with Crippen LogP contribution in [0.4, 0.5) is 5.69 Å². The Kier molecular flexibility index (Phi) is 3.40. The van der Waals surface area contributed by atoms with Crippen LogP contribution >= 0.6 is 11.8 Å². The molecule has 0 radical (unpaired) electrons. The van der Waals surface area contributed by atoms with Gasteiger partial charge in [-0.15, -0.1) is 0 Å². The van der Waals surface area contributed by atoms with E-state index in [0.29, 0.717) is 0 Å². The van der Waals surface area contributed by atoms with E-state index in [0.717, 1.165) is 23.0 Å². The van der Waals surface area contributed by atoms with E-state index in [1.807, 2.05) is 11.6 Å². The fourth-order valence-corrected chi connectivity index (χ4v) is 3.32. The summed E-state index contributed by atoms with van der Waals surface area (Å²) in [4.78, 5) is 1.19. The molecule has 2 N–H and O–H groups in total. The van der Waals surface area contributed by atoms with Gasteiger partial charge in [-0.25, -0.2) is 0 Å². The Balaban J connectivity index is 2.01. The molecule has 0 bridgehead atoms. The Morgan fingerprint density at radius 1 is 1.15 bits per heavy atom. The Bertz CT molecular complexity index is 762. The van der Waals surface area contributed by atoms with Gasteiger partial charge in [0, 0.05) is 11.4 Å². The van der Waals surface area contributed by atoms with Crippen molar-refractivity contribution in [3.63, 3.8) is 0 Å². The maximum absolute atomic E-state index is 6.14.